The SMILES string of the molecule is C=C1C[C@@H]2C(=O)[C@H](C1)C1C2[C@H]2CC(=C)C[C@@H]1C2=O. The molecule has 4 aliphatic rings. The van der Waals surface area contributed by atoms with Crippen LogP contribution in [0.4, 0.5) is 0 Å². The largest absolute Gasteiger partial charge is 0.299 e. The molecule has 0 aromatic heterocycles. The summed E-state index contributed by atoms with van der Waals surface area (Å²) in [5, 5.41) is 0. The predicted molar refractivity (Wildman–Crippen MR) is 67.7 cm³/mol. The average molecular weight is 242 g/mol. The maximum Gasteiger partial charge on any atom is 0.140 e. The first-order valence-electron chi connectivity index (χ1n) is 6.98. The van der Waals surface area contributed by atoms with E-state index >= 15 is 0 Å². The molecule has 6 atom stereocenters. The van der Waals surface area contributed by atoms with E-state index in [2.05, 4.69) is 13.2 Å². The van der Waals surface area contributed by atoms with Crippen LogP contribution in [0.15, 0.2) is 24.3 Å². The lowest BCUT2D eigenvalue weighted by Crippen LogP contribution is -2.33. The van der Waals surface area contributed by atoms with Crippen LogP contribution in [0.1, 0.15) is 25.7 Å². The molecule has 4 fully saturated rings. The standard InChI is InChI=1S/C16H18O2/c1-7-3-9-13-11-5-8(2)6-12(16(11)18)14(13)10(4-7)15(9)17/h9-14H,1-6H2/t9-,10+,11+,12-,13?,14?. The molecular weight excluding hydrogens is 224 g/mol. The van der Waals surface area contributed by atoms with E-state index < -0.39 is 0 Å². The average Bonchev–Trinajstić information content (AvgIpc) is 2.60. The van der Waals surface area contributed by atoms with Crippen molar-refractivity contribution in [2.24, 2.45) is 35.5 Å². The van der Waals surface area contributed by atoms with Crippen molar-refractivity contribution < 1.29 is 9.59 Å². The second kappa shape index (κ2) is 3.23. The van der Waals surface area contributed by atoms with Gasteiger partial charge in [0.15, 0.2) is 0 Å². The quantitative estimate of drug-likeness (QED) is 0.483. The normalized spacial score (nSPS) is 49.8. The Hall–Kier alpha value is -1.18. The van der Waals surface area contributed by atoms with Crippen LogP contribution in [-0.2, 0) is 9.59 Å². The number of hydrogen-bond acceptors (Lipinski definition) is 2. The van der Waals surface area contributed by atoms with Crippen molar-refractivity contribution in [3.8, 4) is 0 Å². The fourth-order valence-corrected chi connectivity index (χ4v) is 5.30. The van der Waals surface area contributed by atoms with Gasteiger partial charge in [-0.1, -0.05) is 24.3 Å². The van der Waals surface area contributed by atoms with Crippen molar-refractivity contribution in [3.05, 3.63) is 24.3 Å². The molecule has 0 radical (unpaired) electrons. The zero-order valence-electron chi connectivity index (χ0n) is 10.5. The third-order valence-corrected chi connectivity index (χ3v) is 5.80. The minimum atomic E-state index is 0.103. The minimum absolute atomic E-state index is 0.103. The van der Waals surface area contributed by atoms with E-state index in [0.29, 0.717) is 23.4 Å². The summed E-state index contributed by atoms with van der Waals surface area (Å²) in [6.07, 6.45) is 3.33. The Kier molecular flexibility index (Phi) is 1.92. The number of ketones is 2. The van der Waals surface area contributed by atoms with Crippen LogP contribution in [-0.4, -0.2) is 11.6 Å². The number of allylic oxidation sites excluding steroid dienone is 2. The molecule has 0 aliphatic heterocycles. The zero-order valence-corrected chi connectivity index (χ0v) is 10.5. The molecule has 0 amide bonds. The molecule has 0 spiro atoms. The van der Waals surface area contributed by atoms with E-state index in [9.17, 15) is 9.59 Å². The lowest BCUT2D eigenvalue weighted by Gasteiger charge is -2.29. The number of carbonyl (C=O) groups excluding carboxylic acids is 2. The summed E-state index contributed by atoms with van der Waals surface area (Å²) < 4.78 is 0. The number of Topliss-reactive ketones (excluding diaryl/α,β-unsaturated/α-hetero) is 2. The molecule has 0 aromatic carbocycles. The summed E-state index contributed by atoms with van der Waals surface area (Å²) >= 11 is 0. The number of fused-ring (bicyclic) bond motifs is 9. The van der Waals surface area contributed by atoms with Crippen molar-refractivity contribution >= 4 is 11.6 Å². The smallest absolute Gasteiger partial charge is 0.140 e. The highest BCUT2D eigenvalue weighted by Gasteiger charge is 2.64. The van der Waals surface area contributed by atoms with Gasteiger partial charge >= 0.3 is 0 Å². The van der Waals surface area contributed by atoms with Crippen LogP contribution in [0.3, 0.4) is 0 Å². The number of hydrogen-bond donors (Lipinski definition) is 0. The first kappa shape index (κ1) is 10.7. The Balaban J connectivity index is 1.82. The van der Waals surface area contributed by atoms with Crippen molar-refractivity contribution in [3.63, 3.8) is 0 Å². The van der Waals surface area contributed by atoms with Crippen molar-refractivity contribution in [1.29, 1.82) is 0 Å². The molecule has 4 bridgehead atoms. The van der Waals surface area contributed by atoms with Gasteiger partial charge in [-0.15, -0.1) is 0 Å². The predicted octanol–water partition coefficient (Wildman–Crippen LogP) is 2.55. The molecule has 18 heavy (non-hydrogen) atoms. The molecule has 94 valence electrons. The third kappa shape index (κ3) is 1.10. The highest BCUT2D eigenvalue weighted by atomic mass is 16.1. The first-order valence-corrected chi connectivity index (χ1v) is 6.98. The summed E-state index contributed by atoms with van der Waals surface area (Å²) in [4.78, 5) is 24.8. The van der Waals surface area contributed by atoms with Gasteiger partial charge in [0.1, 0.15) is 11.6 Å². The maximum atomic E-state index is 12.4. The monoisotopic (exact) mass is 242 g/mol. The van der Waals surface area contributed by atoms with E-state index in [0.717, 1.165) is 25.7 Å². The van der Waals surface area contributed by atoms with Crippen LogP contribution in [0.25, 0.3) is 0 Å². The van der Waals surface area contributed by atoms with Gasteiger partial charge in [-0.05, 0) is 37.5 Å². The van der Waals surface area contributed by atoms with Crippen molar-refractivity contribution in [2.45, 2.75) is 25.7 Å². The molecule has 4 rings (SSSR count). The second-order valence-corrected chi connectivity index (χ2v) is 6.70. The molecular formula is C16H18O2. The first-order chi connectivity index (χ1) is 8.58. The van der Waals surface area contributed by atoms with Gasteiger partial charge in [-0.25, -0.2) is 0 Å². The summed E-state index contributed by atoms with van der Waals surface area (Å²) in [6, 6.07) is 0. The molecule has 0 heterocycles. The second-order valence-electron chi connectivity index (χ2n) is 6.70. The van der Waals surface area contributed by atoms with Gasteiger partial charge in [0.2, 0.25) is 0 Å². The van der Waals surface area contributed by atoms with E-state index in [-0.39, 0.29) is 23.7 Å². The lowest BCUT2D eigenvalue weighted by atomic mass is 9.73. The molecule has 2 heteroatoms. The van der Waals surface area contributed by atoms with Gasteiger partial charge in [0.05, 0.1) is 0 Å². The van der Waals surface area contributed by atoms with Crippen LogP contribution < -0.4 is 0 Å². The summed E-state index contributed by atoms with van der Waals surface area (Å²) in [5.74, 6) is 1.92. The van der Waals surface area contributed by atoms with Crippen LogP contribution in [0.5, 0.6) is 0 Å². The molecule has 4 saturated carbocycles. The Morgan fingerprint density at radius 3 is 1.22 bits per heavy atom. The van der Waals surface area contributed by atoms with E-state index in [1.807, 2.05) is 0 Å². The fraction of sp³-hybridized carbons (Fsp3) is 0.625. The zero-order chi connectivity index (χ0) is 12.6. The summed E-state index contributed by atoms with van der Waals surface area (Å²) in [7, 11) is 0. The minimum Gasteiger partial charge on any atom is -0.299 e. The fourth-order valence-electron chi connectivity index (χ4n) is 5.30. The van der Waals surface area contributed by atoms with Crippen LogP contribution >= 0.6 is 0 Å². The Morgan fingerprint density at radius 2 is 0.944 bits per heavy atom. The maximum absolute atomic E-state index is 12.4. The summed E-state index contributed by atoms with van der Waals surface area (Å²) in [5.41, 5.74) is 2.45. The van der Waals surface area contributed by atoms with E-state index in [4.69, 9.17) is 0 Å². The van der Waals surface area contributed by atoms with E-state index in [1.165, 1.54) is 11.1 Å². The van der Waals surface area contributed by atoms with Crippen LogP contribution in [0, 0.1) is 35.5 Å². The highest BCUT2D eigenvalue weighted by molar-refractivity contribution is 5.96. The molecule has 0 N–H and O–H groups in total. The van der Waals surface area contributed by atoms with Crippen molar-refractivity contribution in [1.82, 2.24) is 0 Å². The highest BCUT2D eigenvalue weighted by Crippen LogP contribution is 2.62. The van der Waals surface area contributed by atoms with Gasteiger partial charge in [-0.2, -0.15) is 0 Å². The van der Waals surface area contributed by atoms with Gasteiger partial charge < -0.3 is 0 Å². The summed E-state index contributed by atoms with van der Waals surface area (Å²) in [6.45, 7) is 8.18. The van der Waals surface area contributed by atoms with Crippen molar-refractivity contribution in [2.75, 3.05) is 0 Å². The number of carbonyl (C=O) groups is 2. The molecule has 2 nitrogen and oxygen atoms in total. The molecule has 0 saturated heterocycles. The molecule has 0 aromatic rings. The number of rotatable bonds is 0. The Morgan fingerprint density at radius 1 is 0.667 bits per heavy atom. The Labute approximate surface area is 107 Å². The lowest BCUT2D eigenvalue weighted by molar-refractivity contribution is -0.130. The Bertz CT molecular complexity index is 419. The van der Waals surface area contributed by atoms with Gasteiger partial charge in [-0.3, -0.25) is 9.59 Å². The van der Waals surface area contributed by atoms with Gasteiger partial charge in [0, 0.05) is 23.7 Å². The van der Waals surface area contributed by atoms with Crippen LogP contribution in [0.2, 0.25) is 0 Å². The van der Waals surface area contributed by atoms with Gasteiger partial charge in [0.25, 0.3) is 0 Å². The third-order valence-electron chi connectivity index (χ3n) is 5.80. The molecule has 2 unspecified atom stereocenters. The van der Waals surface area contributed by atoms with E-state index in [1.54, 1.807) is 0 Å². The molecule has 4 aliphatic carbocycles. The topological polar surface area (TPSA) is 34.1 Å².